The molecule has 1 heterocycles. The average Bonchev–Trinajstić information content (AvgIpc) is 2.39. The molecule has 2 aliphatic rings. The van der Waals surface area contributed by atoms with E-state index in [0.717, 1.165) is 43.5 Å². The van der Waals surface area contributed by atoms with Gasteiger partial charge in [0, 0.05) is 0 Å². The van der Waals surface area contributed by atoms with Crippen molar-refractivity contribution < 1.29 is 9.53 Å². The quantitative estimate of drug-likeness (QED) is 0.866. The Morgan fingerprint density at radius 2 is 2.28 bits per heavy atom. The van der Waals surface area contributed by atoms with Gasteiger partial charge in [0.2, 0.25) is 0 Å². The van der Waals surface area contributed by atoms with Crippen LogP contribution in [0.4, 0.5) is 0 Å². The normalized spacial score (nSPS) is 31.2. The first-order valence-corrected chi connectivity index (χ1v) is 6.68. The summed E-state index contributed by atoms with van der Waals surface area (Å²) >= 11 is 0. The molecular weight excluding hydrogens is 226 g/mol. The third-order valence-corrected chi connectivity index (χ3v) is 4.45. The fraction of sp³-hybridized carbons (Fsp3) is 0.533. The van der Waals surface area contributed by atoms with Crippen molar-refractivity contribution in [1.29, 1.82) is 0 Å². The highest BCUT2D eigenvalue weighted by Crippen LogP contribution is 2.42. The zero-order chi connectivity index (χ0) is 12.6. The van der Waals surface area contributed by atoms with Crippen molar-refractivity contribution in [3.8, 4) is 5.75 Å². The third-order valence-electron chi connectivity index (χ3n) is 4.45. The summed E-state index contributed by atoms with van der Waals surface area (Å²) in [4.78, 5) is 12.6. The van der Waals surface area contributed by atoms with E-state index < -0.39 is 0 Å². The van der Waals surface area contributed by atoms with Crippen LogP contribution in [0.1, 0.15) is 31.2 Å². The van der Waals surface area contributed by atoms with Gasteiger partial charge in [-0.15, -0.1) is 0 Å². The fourth-order valence-electron chi connectivity index (χ4n) is 3.45. The Kier molecular flexibility index (Phi) is 2.86. The Bertz CT molecular complexity index is 459. The summed E-state index contributed by atoms with van der Waals surface area (Å²) in [6.07, 6.45) is 4.01. The van der Waals surface area contributed by atoms with Gasteiger partial charge in [-0.25, -0.2) is 0 Å². The third kappa shape index (κ3) is 1.65. The summed E-state index contributed by atoms with van der Waals surface area (Å²) in [7, 11) is 1.67. The summed E-state index contributed by atoms with van der Waals surface area (Å²) in [5.41, 5.74) is 0.876. The molecule has 0 aromatic heterocycles. The van der Waals surface area contributed by atoms with E-state index in [9.17, 15) is 4.79 Å². The smallest absolute Gasteiger partial charge is 0.160 e. The molecule has 1 N–H and O–H groups in total. The molecule has 1 aliphatic heterocycles. The van der Waals surface area contributed by atoms with E-state index in [2.05, 4.69) is 11.4 Å². The maximum Gasteiger partial charge on any atom is 0.160 e. The van der Waals surface area contributed by atoms with Gasteiger partial charge in [-0.3, -0.25) is 4.79 Å². The Morgan fingerprint density at radius 3 is 3.11 bits per heavy atom. The molecule has 3 nitrogen and oxygen atoms in total. The number of carbonyl (C=O) groups excluding carboxylic acids is 1. The van der Waals surface area contributed by atoms with Gasteiger partial charge in [0.15, 0.2) is 5.78 Å². The number of methoxy groups -OCH3 is 1. The van der Waals surface area contributed by atoms with Crippen molar-refractivity contribution in [3.63, 3.8) is 0 Å². The zero-order valence-corrected chi connectivity index (χ0v) is 10.7. The molecule has 2 unspecified atom stereocenters. The van der Waals surface area contributed by atoms with Crippen LogP contribution in [0.25, 0.3) is 0 Å². The van der Waals surface area contributed by atoms with Crippen LogP contribution in [0, 0.1) is 0 Å². The number of piperidine rings is 1. The van der Waals surface area contributed by atoms with Crippen molar-refractivity contribution >= 4 is 5.78 Å². The highest BCUT2D eigenvalue weighted by Gasteiger charge is 2.48. The van der Waals surface area contributed by atoms with Crippen molar-refractivity contribution in [1.82, 2.24) is 5.32 Å². The number of fused-ring (bicyclic) bond motifs is 2. The lowest BCUT2D eigenvalue weighted by molar-refractivity contribution is -0.131. The van der Waals surface area contributed by atoms with Gasteiger partial charge in [-0.2, -0.15) is 0 Å². The standard InChI is InChI=1S/C15H19NO2/c1-18-12-5-2-4-11(10-12)15-7-3-6-13(14(15)17)16-9-8-15/h2,4-5,10,13,16H,3,6-9H2,1H3. The van der Waals surface area contributed by atoms with Crippen LogP contribution in [0.15, 0.2) is 24.3 Å². The van der Waals surface area contributed by atoms with Crippen LogP contribution in [0.3, 0.4) is 0 Å². The lowest BCUT2D eigenvalue weighted by Gasteiger charge is -2.44. The first-order valence-electron chi connectivity index (χ1n) is 6.68. The Morgan fingerprint density at radius 1 is 1.39 bits per heavy atom. The van der Waals surface area contributed by atoms with Crippen molar-refractivity contribution in [2.75, 3.05) is 13.7 Å². The minimum absolute atomic E-state index is 0.0682. The van der Waals surface area contributed by atoms with E-state index in [4.69, 9.17) is 4.74 Å². The van der Waals surface area contributed by atoms with Gasteiger partial charge in [0.25, 0.3) is 0 Å². The molecule has 2 bridgehead atoms. The number of benzene rings is 1. The first kappa shape index (κ1) is 11.7. The molecule has 1 saturated carbocycles. The summed E-state index contributed by atoms with van der Waals surface area (Å²) in [5, 5.41) is 3.34. The van der Waals surface area contributed by atoms with Gasteiger partial charge >= 0.3 is 0 Å². The number of carbonyl (C=O) groups is 1. The van der Waals surface area contributed by atoms with Crippen molar-refractivity contribution in [2.45, 2.75) is 37.1 Å². The highest BCUT2D eigenvalue weighted by molar-refractivity contribution is 5.96. The number of ether oxygens (including phenoxy) is 1. The number of rotatable bonds is 2. The second-order valence-corrected chi connectivity index (χ2v) is 5.33. The summed E-state index contributed by atoms with van der Waals surface area (Å²) in [6.45, 7) is 0.938. The SMILES string of the molecule is COc1cccc(C23CCCC(NCC2)C3=O)c1. The van der Waals surface area contributed by atoms with Gasteiger partial charge in [-0.1, -0.05) is 18.6 Å². The molecule has 2 fully saturated rings. The fourth-order valence-corrected chi connectivity index (χ4v) is 3.45. The molecule has 3 rings (SSSR count). The minimum atomic E-state index is -0.261. The van der Waals surface area contributed by atoms with Crippen LogP contribution in [-0.2, 0) is 10.2 Å². The first-order chi connectivity index (χ1) is 8.76. The van der Waals surface area contributed by atoms with Gasteiger partial charge < -0.3 is 10.1 Å². The Hall–Kier alpha value is -1.35. The van der Waals surface area contributed by atoms with E-state index in [1.165, 1.54) is 0 Å². The summed E-state index contributed by atoms with van der Waals surface area (Å²) in [5.74, 6) is 1.23. The Labute approximate surface area is 108 Å². The zero-order valence-electron chi connectivity index (χ0n) is 10.7. The topological polar surface area (TPSA) is 38.3 Å². The molecule has 1 aromatic rings. The molecule has 0 spiro atoms. The monoisotopic (exact) mass is 245 g/mol. The molecule has 1 aromatic carbocycles. The molecular formula is C15H19NO2. The lowest BCUT2D eigenvalue weighted by atomic mass is 9.63. The van der Waals surface area contributed by atoms with Crippen LogP contribution in [-0.4, -0.2) is 25.5 Å². The predicted molar refractivity (Wildman–Crippen MR) is 69.9 cm³/mol. The predicted octanol–water partition coefficient (Wildman–Crippen LogP) is 2.05. The number of ketones is 1. The molecule has 0 radical (unpaired) electrons. The van der Waals surface area contributed by atoms with Crippen molar-refractivity contribution in [3.05, 3.63) is 29.8 Å². The van der Waals surface area contributed by atoms with Crippen LogP contribution < -0.4 is 10.1 Å². The largest absolute Gasteiger partial charge is 0.497 e. The van der Waals surface area contributed by atoms with Crippen LogP contribution >= 0.6 is 0 Å². The number of Topliss-reactive ketones (excluding diaryl/α,β-unsaturated/α-hetero) is 1. The maximum absolute atomic E-state index is 12.6. The number of hydrogen-bond acceptors (Lipinski definition) is 3. The summed E-state index contributed by atoms with van der Waals surface area (Å²) in [6, 6.07) is 8.10. The second kappa shape index (κ2) is 4.39. The molecule has 2 atom stereocenters. The lowest BCUT2D eigenvalue weighted by Crippen LogP contribution is -2.57. The highest BCUT2D eigenvalue weighted by atomic mass is 16.5. The van der Waals surface area contributed by atoms with E-state index in [1.807, 2.05) is 18.2 Å². The maximum atomic E-state index is 12.6. The molecule has 1 aliphatic carbocycles. The Balaban J connectivity index is 2.03. The molecule has 96 valence electrons. The molecule has 0 amide bonds. The second-order valence-electron chi connectivity index (χ2n) is 5.33. The van der Waals surface area contributed by atoms with E-state index in [1.54, 1.807) is 7.11 Å². The van der Waals surface area contributed by atoms with Gasteiger partial charge in [0.1, 0.15) is 5.75 Å². The van der Waals surface area contributed by atoms with Gasteiger partial charge in [-0.05, 0) is 43.5 Å². The van der Waals surface area contributed by atoms with Gasteiger partial charge in [0.05, 0.1) is 18.6 Å². The number of nitrogens with one attached hydrogen (secondary N) is 1. The van der Waals surface area contributed by atoms with E-state index in [-0.39, 0.29) is 11.5 Å². The minimum Gasteiger partial charge on any atom is -0.497 e. The van der Waals surface area contributed by atoms with Crippen LogP contribution in [0.5, 0.6) is 5.75 Å². The number of hydrogen-bond donors (Lipinski definition) is 1. The van der Waals surface area contributed by atoms with Crippen molar-refractivity contribution in [2.24, 2.45) is 0 Å². The summed E-state index contributed by atoms with van der Waals surface area (Å²) < 4.78 is 5.29. The molecule has 18 heavy (non-hydrogen) atoms. The van der Waals surface area contributed by atoms with E-state index >= 15 is 0 Å². The average molecular weight is 245 g/mol. The van der Waals surface area contributed by atoms with Crippen LogP contribution in [0.2, 0.25) is 0 Å². The molecule has 1 saturated heterocycles. The molecule has 3 heteroatoms. The van der Waals surface area contributed by atoms with E-state index in [0.29, 0.717) is 5.78 Å².